The zero-order valence-corrected chi connectivity index (χ0v) is 29.6. The van der Waals surface area contributed by atoms with E-state index in [0.717, 1.165) is 0 Å². The summed E-state index contributed by atoms with van der Waals surface area (Å²) in [5, 5.41) is 20.5. The Labute approximate surface area is 313 Å². The molecule has 0 atom stereocenters. The SMILES string of the molecule is C(=C\c1ccc2ccc3ccc4ccccc4c3c2c1)/c1ccc2ccc3ccc(/C=C/c4ccc5ccc6ccc7ccccc7c6c5c4)cc3c2c1. The zero-order chi connectivity index (χ0) is 35.6. The van der Waals surface area contributed by atoms with Crippen molar-refractivity contribution in [2.45, 2.75) is 0 Å². The van der Waals surface area contributed by atoms with Gasteiger partial charge in [0.2, 0.25) is 0 Å². The number of hydrogen-bond donors (Lipinski definition) is 0. The highest BCUT2D eigenvalue weighted by Gasteiger charge is 2.08. The zero-order valence-electron chi connectivity index (χ0n) is 29.6. The summed E-state index contributed by atoms with van der Waals surface area (Å²) in [5.41, 5.74) is 4.78. The van der Waals surface area contributed by atoms with Crippen LogP contribution in [0.25, 0.3) is 110 Å². The number of benzene rings is 11. The first-order valence-electron chi connectivity index (χ1n) is 18.7. The molecule has 0 heterocycles. The molecule has 0 heteroatoms. The number of hydrogen-bond acceptors (Lipinski definition) is 0. The van der Waals surface area contributed by atoms with Crippen molar-refractivity contribution in [3.05, 3.63) is 204 Å². The quantitative estimate of drug-likeness (QED) is 0.128. The molecule has 0 N–H and O–H groups in total. The van der Waals surface area contributed by atoms with Crippen LogP contribution in [0.1, 0.15) is 22.3 Å². The second-order valence-electron chi connectivity index (χ2n) is 14.6. The molecule has 0 spiro atoms. The fourth-order valence-corrected chi connectivity index (χ4v) is 8.57. The van der Waals surface area contributed by atoms with Gasteiger partial charge < -0.3 is 0 Å². The minimum absolute atomic E-state index is 1.19. The first-order valence-corrected chi connectivity index (χ1v) is 18.7. The van der Waals surface area contributed by atoms with Gasteiger partial charge in [-0.05, 0) is 133 Å². The Hall–Kier alpha value is -7.02. The standard InChI is InChI=1S/C54H34/c1-3-7-47-39(5-1)23-27-45-29-25-43-19-15-37(33-51(43)53(45)47)11-9-35-13-17-41-21-22-42-18-14-36(32-50(42)49(41)31-35)10-12-38-16-20-44-26-30-46-28-24-40-6-2-4-8-48(40)54(46)52(44)34-38/h1-34H/b11-9+,12-10+. The molecule has 0 aliphatic rings. The lowest BCUT2D eigenvalue weighted by Crippen LogP contribution is -1.83. The topological polar surface area (TPSA) is 0 Å². The average molecular weight is 683 g/mol. The molecular weight excluding hydrogens is 649 g/mol. The number of rotatable bonds is 4. The van der Waals surface area contributed by atoms with Crippen molar-refractivity contribution < 1.29 is 0 Å². The van der Waals surface area contributed by atoms with Crippen molar-refractivity contribution in [2.75, 3.05) is 0 Å². The van der Waals surface area contributed by atoms with Gasteiger partial charge in [0.15, 0.2) is 0 Å². The average Bonchev–Trinajstić information content (AvgIpc) is 3.24. The molecule has 0 fully saturated rings. The molecule has 0 saturated carbocycles. The summed E-state index contributed by atoms with van der Waals surface area (Å²) in [4.78, 5) is 0. The molecule has 0 aromatic heterocycles. The second kappa shape index (κ2) is 12.3. The normalized spacial score (nSPS) is 12.3. The van der Waals surface area contributed by atoms with Crippen LogP contribution in [-0.2, 0) is 0 Å². The maximum Gasteiger partial charge on any atom is -0.00266 e. The molecule has 0 aliphatic heterocycles. The fourth-order valence-electron chi connectivity index (χ4n) is 8.57. The molecule has 250 valence electrons. The second-order valence-corrected chi connectivity index (χ2v) is 14.6. The van der Waals surface area contributed by atoms with Gasteiger partial charge in [-0.2, -0.15) is 0 Å². The van der Waals surface area contributed by atoms with Crippen molar-refractivity contribution in [2.24, 2.45) is 0 Å². The Morgan fingerprint density at radius 1 is 0.204 bits per heavy atom. The van der Waals surface area contributed by atoms with Crippen molar-refractivity contribution in [1.82, 2.24) is 0 Å². The summed E-state index contributed by atoms with van der Waals surface area (Å²) < 4.78 is 0. The van der Waals surface area contributed by atoms with Crippen LogP contribution in [0, 0.1) is 0 Å². The Morgan fingerprint density at radius 3 is 0.833 bits per heavy atom. The summed E-state index contributed by atoms with van der Waals surface area (Å²) >= 11 is 0. The van der Waals surface area contributed by atoms with Crippen LogP contribution in [-0.4, -0.2) is 0 Å². The summed E-state index contributed by atoms with van der Waals surface area (Å²) in [5.74, 6) is 0. The Kier molecular flexibility index (Phi) is 6.97. The van der Waals surface area contributed by atoms with Crippen LogP contribution in [0.5, 0.6) is 0 Å². The van der Waals surface area contributed by atoms with Crippen LogP contribution in [0.2, 0.25) is 0 Å². The van der Waals surface area contributed by atoms with Crippen molar-refractivity contribution in [1.29, 1.82) is 0 Å². The first kappa shape index (κ1) is 30.6. The van der Waals surface area contributed by atoms with E-state index in [1.807, 2.05) is 0 Å². The van der Waals surface area contributed by atoms with Crippen LogP contribution < -0.4 is 0 Å². The largest absolute Gasteiger partial charge is 0.0616 e. The molecule has 0 saturated heterocycles. The Balaban J connectivity index is 0.952. The van der Waals surface area contributed by atoms with Gasteiger partial charge in [0.25, 0.3) is 0 Å². The molecule has 11 aromatic rings. The lowest BCUT2D eigenvalue weighted by atomic mass is 9.95. The fraction of sp³-hybridized carbons (Fsp3) is 0. The highest BCUT2D eigenvalue weighted by Crippen LogP contribution is 2.35. The highest BCUT2D eigenvalue weighted by atomic mass is 14.1. The van der Waals surface area contributed by atoms with E-state index < -0.39 is 0 Å². The smallest absolute Gasteiger partial charge is 0.00266 e. The lowest BCUT2D eigenvalue weighted by molar-refractivity contribution is 1.70. The molecule has 0 radical (unpaired) electrons. The minimum atomic E-state index is 1.19. The summed E-state index contributed by atoms with van der Waals surface area (Å²) in [6, 6.07) is 67.1. The third-order valence-corrected chi connectivity index (χ3v) is 11.3. The molecule has 0 aliphatic carbocycles. The molecule has 11 aromatic carbocycles. The van der Waals surface area contributed by atoms with E-state index in [9.17, 15) is 0 Å². The Morgan fingerprint density at radius 2 is 0.463 bits per heavy atom. The van der Waals surface area contributed by atoms with Gasteiger partial charge in [0.1, 0.15) is 0 Å². The van der Waals surface area contributed by atoms with Gasteiger partial charge in [0, 0.05) is 0 Å². The maximum absolute atomic E-state index is 2.34. The monoisotopic (exact) mass is 682 g/mol. The van der Waals surface area contributed by atoms with Crippen molar-refractivity contribution in [3.63, 3.8) is 0 Å². The van der Waals surface area contributed by atoms with Crippen molar-refractivity contribution >= 4 is 110 Å². The van der Waals surface area contributed by atoms with E-state index in [4.69, 9.17) is 0 Å². The van der Waals surface area contributed by atoms with Gasteiger partial charge in [-0.1, -0.05) is 182 Å². The van der Waals surface area contributed by atoms with E-state index in [0.29, 0.717) is 0 Å². The predicted octanol–water partition coefficient (Wildman–Crippen LogP) is 15.3. The van der Waals surface area contributed by atoms with Crippen molar-refractivity contribution in [3.8, 4) is 0 Å². The lowest BCUT2D eigenvalue weighted by Gasteiger charge is -2.09. The van der Waals surface area contributed by atoms with E-state index >= 15 is 0 Å². The van der Waals surface area contributed by atoms with Gasteiger partial charge in [-0.3, -0.25) is 0 Å². The minimum Gasteiger partial charge on any atom is -0.0616 e. The molecular formula is C54H34. The van der Waals surface area contributed by atoms with E-state index in [-0.39, 0.29) is 0 Å². The molecule has 0 bridgehead atoms. The van der Waals surface area contributed by atoms with Crippen LogP contribution >= 0.6 is 0 Å². The first-order chi connectivity index (χ1) is 26.7. The van der Waals surface area contributed by atoms with Crippen LogP contribution in [0.3, 0.4) is 0 Å². The summed E-state index contributed by atoms with van der Waals surface area (Å²) in [6.45, 7) is 0. The van der Waals surface area contributed by atoms with Crippen LogP contribution in [0.4, 0.5) is 0 Å². The van der Waals surface area contributed by atoms with Gasteiger partial charge in [-0.15, -0.1) is 0 Å². The van der Waals surface area contributed by atoms with E-state index in [2.05, 4.69) is 206 Å². The van der Waals surface area contributed by atoms with Gasteiger partial charge in [-0.25, -0.2) is 0 Å². The third-order valence-electron chi connectivity index (χ3n) is 11.3. The van der Waals surface area contributed by atoms with Crippen LogP contribution in [0.15, 0.2) is 182 Å². The van der Waals surface area contributed by atoms with E-state index in [1.165, 1.54) is 108 Å². The molecule has 0 nitrogen and oxygen atoms in total. The summed E-state index contributed by atoms with van der Waals surface area (Å²) in [7, 11) is 0. The predicted molar refractivity (Wildman–Crippen MR) is 237 cm³/mol. The highest BCUT2D eigenvalue weighted by molar-refractivity contribution is 6.21. The summed E-state index contributed by atoms with van der Waals surface area (Å²) in [6.07, 6.45) is 9.00. The number of fused-ring (bicyclic) bond motifs is 13. The van der Waals surface area contributed by atoms with E-state index in [1.54, 1.807) is 0 Å². The molecule has 0 amide bonds. The van der Waals surface area contributed by atoms with Gasteiger partial charge >= 0.3 is 0 Å². The third kappa shape index (κ3) is 5.15. The van der Waals surface area contributed by atoms with Gasteiger partial charge in [0.05, 0.1) is 0 Å². The molecule has 0 unspecified atom stereocenters. The molecule has 54 heavy (non-hydrogen) atoms. The molecule has 11 rings (SSSR count). The maximum atomic E-state index is 2.34. The Bertz CT molecular complexity index is 3140.